The van der Waals surface area contributed by atoms with Gasteiger partial charge in [0.1, 0.15) is 11.4 Å². The molecule has 0 saturated carbocycles. The third-order valence-corrected chi connectivity index (χ3v) is 2.76. The Hall–Kier alpha value is -1.44. The van der Waals surface area contributed by atoms with Crippen LogP contribution in [0, 0.1) is 0 Å². The zero-order valence-corrected chi connectivity index (χ0v) is 14.0. The number of nitrogens with one attached hydrogen (secondary N) is 2. The van der Waals surface area contributed by atoms with Crippen molar-refractivity contribution in [3.8, 4) is 0 Å². The van der Waals surface area contributed by atoms with Gasteiger partial charge in [-0.05, 0) is 36.7 Å². The van der Waals surface area contributed by atoms with Gasteiger partial charge in [-0.3, -0.25) is 10.1 Å². The lowest BCUT2D eigenvalue weighted by molar-refractivity contribution is -0.115. The first-order valence-electron chi connectivity index (χ1n) is 6.22. The normalized spacial score (nSPS) is 11.6. The highest BCUT2D eigenvalue weighted by atomic mass is 79.9. The van der Waals surface area contributed by atoms with Crippen molar-refractivity contribution in [1.29, 1.82) is 0 Å². The van der Waals surface area contributed by atoms with Gasteiger partial charge in [-0.25, -0.2) is 9.78 Å². The number of aromatic nitrogens is 1. The Kier molecular flexibility index (Phi) is 5.73. The van der Waals surface area contributed by atoms with Crippen molar-refractivity contribution in [2.45, 2.75) is 31.5 Å². The van der Waals surface area contributed by atoms with Crippen molar-refractivity contribution in [3.63, 3.8) is 0 Å². The molecule has 22 heavy (non-hydrogen) atoms. The van der Waals surface area contributed by atoms with E-state index < -0.39 is 22.7 Å². The molecular weight excluding hydrogens is 346 g/mol. The largest absolute Gasteiger partial charge is 0.444 e. The van der Waals surface area contributed by atoms with E-state index in [0.29, 0.717) is 10.2 Å². The van der Waals surface area contributed by atoms with E-state index in [9.17, 15) is 9.59 Å². The van der Waals surface area contributed by atoms with E-state index in [1.54, 1.807) is 20.8 Å². The first-order valence-corrected chi connectivity index (χ1v) is 7.01. The quantitative estimate of drug-likeness (QED) is 0.805. The van der Waals surface area contributed by atoms with Crippen molar-refractivity contribution in [1.82, 2.24) is 4.98 Å². The van der Waals surface area contributed by atoms with Crippen LogP contribution in [0.4, 0.5) is 16.3 Å². The average molecular weight is 360 g/mol. The van der Waals surface area contributed by atoms with Gasteiger partial charge in [0.05, 0.1) is 33.7 Å². The van der Waals surface area contributed by atoms with E-state index in [4.69, 9.17) is 28.3 Å². The minimum Gasteiger partial charge on any atom is -0.444 e. The lowest BCUT2D eigenvalue weighted by atomic mass is 9.42. The van der Waals surface area contributed by atoms with Gasteiger partial charge in [-0.15, -0.1) is 0 Å². The molecule has 0 spiro atoms. The van der Waals surface area contributed by atoms with Gasteiger partial charge in [0, 0.05) is 12.3 Å². The van der Waals surface area contributed by atoms with Crippen molar-refractivity contribution >= 4 is 63.0 Å². The van der Waals surface area contributed by atoms with E-state index in [1.165, 1.54) is 12.3 Å². The van der Waals surface area contributed by atoms with E-state index >= 15 is 0 Å². The lowest BCUT2D eigenvalue weighted by Gasteiger charge is -2.21. The zero-order valence-electron chi connectivity index (χ0n) is 12.4. The Morgan fingerprint density at radius 3 is 2.32 bits per heavy atom. The lowest BCUT2D eigenvalue weighted by Crippen LogP contribution is -2.31. The smallest absolute Gasteiger partial charge is 0.412 e. The Balaban J connectivity index is 2.87. The number of hydrogen-bond acceptors (Lipinski definition) is 4. The van der Waals surface area contributed by atoms with Crippen LogP contribution in [0.2, 0.25) is 5.11 Å². The second-order valence-corrected chi connectivity index (χ2v) is 6.42. The van der Waals surface area contributed by atoms with Crippen LogP contribution in [-0.2, 0) is 9.53 Å². The topological polar surface area (TPSA) is 80.3 Å². The highest BCUT2D eigenvalue weighted by Crippen LogP contribution is 2.25. The standard InChI is InChI=1S/C12H13B3BrN3O3/c1-11(2,3)22-10(21)18-7-4-8(17-5-6(7)16)19-9(20)12(13,14)15/h4-5H,1-3H3,(H2,17,18,19,20,21). The van der Waals surface area contributed by atoms with Crippen molar-refractivity contribution in [2.24, 2.45) is 0 Å². The molecule has 0 aliphatic carbocycles. The summed E-state index contributed by atoms with van der Waals surface area (Å²) in [4.78, 5) is 27.3. The number of hydrogen-bond donors (Lipinski definition) is 2. The summed E-state index contributed by atoms with van der Waals surface area (Å²) in [5.74, 6) is -0.712. The number of amides is 2. The number of carbonyl (C=O) groups is 2. The maximum absolute atomic E-state index is 11.8. The van der Waals surface area contributed by atoms with Gasteiger partial charge >= 0.3 is 6.09 Å². The Bertz CT molecular complexity index is 585. The number of rotatable bonds is 3. The molecule has 6 radical (unpaired) electrons. The van der Waals surface area contributed by atoms with Crippen LogP contribution in [0.15, 0.2) is 16.7 Å². The van der Waals surface area contributed by atoms with Gasteiger partial charge in [-0.2, -0.15) is 0 Å². The summed E-state index contributed by atoms with van der Waals surface area (Å²) in [6.45, 7) is 5.22. The van der Waals surface area contributed by atoms with Crippen LogP contribution < -0.4 is 10.6 Å². The molecule has 0 aliphatic heterocycles. The Morgan fingerprint density at radius 1 is 1.23 bits per heavy atom. The maximum atomic E-state index is 11.8. The van der Waals surface area contributed by atoms with Gasteiger partial charge in [0.25, 0.3) is 0 Å². The fourth-order valence-electron chi connectivity index (χ4n) is 1.24. The number of halogens is 1. The van der Waals surface area contributed by atoms with Crippen molar-refractivity contribution in [2.75, 3.05) is 10.6 Å². The summed E-state index contributed by atoms with van der Waals surface area (Å²) < 4.78 is 5.63. The molecular formula is C12H13B3BrN3O3. The highest BCUT2D eigenvalue weighted by molar-refractivity contribution is 9.10. The van der Waals surface area contributed by atoms with Crippen LogP contribution in [0.25, 0.3) is 0 Å². The Labute approximate surface area is 141 Å². The number of anilines is 2. The molecule has 110 valence electrons. The summed E-state index contributed by atoms with van der Waals surface area (Å²) >= 11 is 3.22. The third-order valence-electron chi connectivity index (χ3n) is 2.13. The molecule has 1 aromatic rings. The molecule has 6 nitrogen and oxygen atoms in total. The van der Waals surface area contributed by atoms with Crippen molar-refractivity contribution < 1.29 is 14.3 Å². The van der Waals surface area contributed by atoms with Gasteiger partial charge < -0.3 is 10.1 Å². The molecule has 0 fully saturated rings. The van der Waals surface area contributed by atoms with E-state index in [0.717, 1.165) is 0 Å². The van der Waals surface area contributed by atoms with Gasteiger partial charge in [0.2, 0.25) is 5.91 Å². The van der Waals surface area contributed by atoms with Gasteiger partial charge in [-0.1, -0.05) is 5.11 Å². The Morgan fingerprint density at radius 2 is 1.82 bits per heavy atom. The summed E-state index contributed by atoms with van der Waals surface area (Å²) in [5.41, 5.74) is -0.296. The summed E-state index contributed by atoms with van der Waals surface area (Å²) in [5, 5.41) is 2.82. The predicted molar refractivity (Wildman–Crippen MR) is 90.4 cm³/mol. The zero-order chi connectivity index (χ0) is 17.1. The molecule has 2 N–H and O–H groups in total. The SMILES string of the molecule is [B]C([B])([B])C(=O)Nc1cc(NC(=O)OC(C)(C)C)c(Br)cn1. The molecule has 1 rings (SSSR count). The van der Waals surface area contributed by atoms with Crippen LogP contribution in [0.5, 0.6) is 0 Å². The molecule has 0 saturated heterocycles. The van der Waals surface area contributed by atoms with E-state index in [-0.39, 0.29) is 5.82 Å². The second-order valence-electron chi connectivity index (χ2n) is 5.56. The van der Waals surface area contributed by atoms with Crippen LogP contribution in [0.3, 0.4) is 0 Å². The number of carbonyl (C=O) groups excluding carboxylic acids is 2. The minimum absolute atomic E-state index is 0.116. The molecule has 0 aliphatic rings. The number of ether oxygens (including phenoxy) is 1. The molecule has 0 bridgehead atoms. The molecule has 0 atom stereocenters. The molecule has 2 amide bonds. The second kappa shape index (κ2) is 6.77. The first-order chi connectivity index (χ1) is 9.88. The predicted octanol–water partition coefficient (Wildman–Crippen LogP) is 1.71. The molecule has 1 heterocycles. The van der Waals surface area contributed by atoms with Crippen molar-refractivity contribution in [3.05, 3.63) is 16.7 Å². The fraction of sp³-hybridized carbons (Fsp3) is 0.417. The number of pyridine rings is 1. The maximum Gasteiger partial charge on any atom is 0.412 e. The monoisotopic (exact) mass is 359 g/mol. The fourth-order valence-corrected chi connectivity index (χ4v) is 1.56. The summed E-state index contributed by atoms with van der Waals surface area (Å²) in [7, 11) is 15.8. The van der Waals surface area contributed by atoms with E-state index in [2.05, 4.69) is 31.5 Å². The van der Waals surface area contributed by atoms with E-state index in [1.807, 2.05) is 0 Å². The number of nitrogens with zero attached hydrogens (tertiary/aromatic N) is 1. The van der Waals surface area contributed by atoms with Crippen LogP contribution >= 0.6 is 15.9 Å². The minimum atomic E-state index is -2.03. The third kappa shape index (κ3) is 6.13. The highest BCUT2D eigenvalue weighted by Gasteiger charge is 2.21. The first kappa shape index (κ1) is 18.6. The van der Waals surface area contributed by atoms with Crippen LogP contribution in [0.1, 0.15) is 20.8 Å². The van der Waals surface area contributed by atoms with Crippen LogP contribution in [-0.4, -0.2) is 46.1 Å². The summed E-state index contributed by atoms with van der Waals surface area (Å²) in [6.07, 6.45) is 0.732. The molecule has 0 aromatic carbocycles. The molecule has 1 aromatic heterocycles. The molecule has 0 unspecified atom stereocenters. The summed E-state index contributed by atoms with van der Waals surface area (Å²) in [6, 6.07) is 1.40. The molecule has 10 heteroatoms. The van der Waals surface area contributed by atoms with Gasteiger partial charge in [0.15, 0.2) is 0 Å². The average Bonchev–Trinajstić information content (AvgIpc) is 2.29.